The fourth-order valence-corrected chi connectivity index (χ4v) is 3.85. The molecule has 0 aliphatic carbocycles. The highest BCUT2D eigenvalue weighted by atomic mass is 16.6. The number of carbonyl (C=O) groups excluding carboxylic acids is 1. The van der Waals surface area contributed by atoms with Gasteiger partial charge < -0.3 is 19.8 Å². The summed E-state index contributed by atoms with van der Waals surface area (Å²) in [6.07, 6.45) is 1.72. The Morgan fingerprint density at radius 1 is 1.19 bits per heavy atom. The highest BCUT2D eigenvalue weighted by molar-refractivity contribution is 5.90. The summed E-state index contributed by atoms with van der Waals surface area (Å²) in [6, 6.07) is 15.5. The van der Waals surface area contributed by atoms with E-state index in [1.54, 1.807) is 18.2 Å². The number of likely N-dealkylation sites (tertiary alicyclic amines) is 1. The van der Waals surface area contributed by atoms with E-state index in [1.165, 1.54) is 12.7 Å². The van der Waals surface area contributed by atoms with Gasteiger partial charge in [0.25, 0.3) is 0 Å². The number of hydrogen-bond donors (Lipinski definition) is 2. The number of piperidine rings is 1. The molecule has 1 aliphatic rings. The minimum absolute atomic E-state index is 0.107. The minimum Gasteiger partial charge on any atom is -0.452 e. The van der Waals surface area contributed by atoms with Crippen molar-refractivity contribution in [3.8, 4) is 11.8 Å². The van der Waals surface area contributed by atoms with Crippen molar-refractivity contribution in [2.24, 2.45) is 0 Å². The van der Waals surface area contributed by atoms with Crippen LogP contribution in [-0.4, -0.2) is 47.0 Å². The molecule has 32 heavy (non-hydrogen) atoms. The zero-order chi connectivity index (χ0) is 22.5. The number of nitrogens with zero attached hydrogens (tertiary/aromatic N) is 3. The molecule has 9 nitrogen and oxygen atoms in total. The highest BCUT2D eigenvalue weighted by Crippen LogP contribution is 2.19. The standard InChI is InChI=1S/C23H27N5O4/c1-16-14-19(28-23(30)32-22(26-28)31-2)8-9-20(16)25-21(29)24-18-10-12-27(13-11-18)15-17-6-4-3-5-7-17/h3-9,14,18H,10-13,15H2,1-2H3,(H2,24,25,29). The first-order valence-electron chi connectivity index (χ1n) is 10.6. The van der Waals surface area contributed by atoms with E-state index in [2.05, 4.69) is 44.9 Å². The van der Waals surface area contributed by atoms with Gasteiger partial charge in [-0.1, -0.05) is 35.4 Å². The van der Waals surface area contributed by atoms with Crippen molar-refractivity contribution in [1.29, 1.82) is 0 Å². The van der Waals surface area contributed by atoms with Crippen molar-refractivity contribution in [2.75, 3.05) is 25.5 Å². The van der Waals surface area contributed by atoms with E-state index in [1.807, 2.05) is 13.0 Å². The number of rotatable bonds is 6. The third-order valence-electron chi connectivity index (χ3n) is 5.58. The number of carbonyl (C=O) groups is 1. The van der Waals surface area contributed by atoms with Gasteiger partial charge in [0.05, 0.1) is 12.8 Å². The normalized spacial score (nSPS) is 14.8. The van der Waals surface area contributed by atoms with Gasteiger partial charge in [-0.15, -0.1) is 0 Å². The van der Waals surface area contributed by atoms with Crippen LogP contribution in [0.1, 0.15) is 24.0 Å². The third-order valence-corrected chi connectivity index (χ3v) is 5.58. The lowest BCUT2D eigenvalue weighted by molar-refractivity contribution is 0.190. The molecular formula is C23H27N5O4. The molecule has 3 aromatic rings. The van der Waals surface area contributed by atoms with E-state index >= 15 is 0 Å². The van der Waals surface area contributed by atoms with Crippen molar-refractivity contribution in [1.82, 2.24) is 20.0 Å². The van der Waals surface area contributed by atoms with E-state index < -0.39 is 5.76 Å². The van der Waals surface area contributed by atoms with E-state index in [0.29, 0.717) is 11.4 Å². The summed E-state index contributed by atoms with van der Waals surface area (Å²) in [6.45, 7) is 4.68. The number of hydrogen-bond acceptors (Lipinski definition) is 6. The Kier molecular flexibility index (Phi) is 6.55. The number of amides is 2. The molecule has 0 unspecified atom stereocenters. The molecule has 1 fully saturated rings. The summed E-state index contributed by atoms with van der Waals surface area (Å²) >= 11 is 0. The lowest BCUT2D eigenvalue weighted by Crippen LogP contribution is -2.45. The van der Waals surface area contributed by atoms with Gasteiger partial charge in [-0.25, -0.2) is 9.59 Å². The summed E-state index contributed by atoms with van der Waals surface area (Å²) in [5, 5.41) is 9.92. The number of benzene rings is 2. The molecule has 168 valence electrons. The number of methoxy groups -OCH3 is 1. The molecule has 0 atom stereocenters. The summed E-state index contributed by atoms with van der Waals surface area (Å²) in [4.78, 5) is 26.8. The van der Waals surface area contributed by atoms with Gasteiger partial charge in [0.15, 0.2) is 0 Å². The predicted molar refractivity (Wildman–Crippen MR) is 120 cm³/mol. The molecule has 2 N–H and O–H groups in total. The van der Waals surface area contributed by atoms with Gasteiger partial charge in [-0.3, -0.25) is 4.90 Å². The zero-order valence-electron chi connectivity index (χ0n) is 18.2. The molecule has 1 aliphatic heterocycles. The monoisotopic (exact) mass is 437 g/mol. The Bertz CT molecular complexity index is 1120. The molecule has 2 aromatic carbocycles. The minimum atomic E-state index is -0.640. The molecule has 0 saturated carbocycles. The van der Waals surface area contributed by atoms with E-state index in [0.717, 1.165) is 42.7 Å². The number of aryl methyl sites for hydroxylation is 1. The fraction of sp³-hybridized carbons (Fsp3) is 0.348. The van der Waals surface area contributed by atoms with E-state index in [4.69, 9.17) is 9.15 Å². The van der Waals surface area contributed by atoms with Gasteiger partial charge in [-0.2, -0.15) is 4.68 Å². The Balaban J connectivity index is 1.30. The van der Waals surface area contributed by atoms with Crippen molar-refractivity contribution in [2.45, 2.75) is 32.4 Å². The lowest BCUT2D eigenvalue weighted by atomic mass is 10.0. The van der Waals surface area contributed by atoms with Crippen LogP contribution in [0.3, 0.4) is 0 Å². The second-order valence-corrected chi connectivity index (χ2v) is 7.88. The number of nitrogens with one attached hydrogen (secondary N) is 2. The maximum atomic E-state index is 12.5. The number of anilines is 1. The average Bonchev–Trinajstić information content (AvgIpc) is 3.18. The van der Waals surface area contributed by atoms with Gasteiger partial charge >= 0.3 is 17.9 Å². The van der Waals surface area contributed by atoms with Gasteiger partial charge in [0.2, 0.25) is 0 Å². The predicted octanol–water partition coefficient (Wildman–Crippen LogP) is 2.93. The fourth-order valence-electron chi connectivity index (χ4n) is 3.85. The Labute approximate surface area is 186 Å². The summed E-state index contributed by atoms with van der Waals surface area (Å²) in [5.74, 6) is -0.640. The lowest BCUT2D eigenvalue weighted by Gasteiger charge is -2.32. The highest BCUT2D eigenvalue weighted by Gasteiger charge is 2.21. The molecule has 0 spiro atoms. The quantitative estimate of drug-likeness (QED) is 0.615. The average molecular weight is 438 g/mol. The van der Waals surface area contributed by atoms with Gasteiger partial charge in [-0.05, 0) is 49.1 Å². The second-order valence-electron chi connectivity index (χ2n) is 7.88. The van der Waals surface area contributed by atoms with Crippen LogP contribution in [-0.2, 0) is 6.54 Å². The van der Waals surface area contributed by atoms with Gasteiger partial charge in [0, 0.05) is 31.4 Å². The van der Waals surface area contributed by atoms with Crippen LogP contribution in [0, 0.1) is 6.92 Å². The van der Waals surface area contributed by atoms with Crippen LogP contribution in [0.4, 0.5) is 10.5 Å². The van der Waals surface area contributed by atoms with Crippen LogP contribution >= 0.6 is 0 Å². The summed E-state index contributed by atoms with van der Waals surface area (Å²) in [7, 11) is 1.37. The molecule has 2 heterocycles. The first kappa shape index (κ1) is 21.6. The molecule has 9 heteroatoms. The molecule has 0 radical (unpaired) electrons. The van der Waals surface area contributed by atoms with Crippen LogP contribution in [0.5, 0.6) is 6.08 Å². The SMILES string of the molecule is COc1nn(-c2ccc(NC(=O)NC3CCN(Cc4ccccc4)CC3)c(C)c2)c(=O)o1. The van der Waals surface area contributed by atoms with Crippen LogP contribution < -0.4 is 21.1 Å². The van der Waals surface area contributed by atoms with E-state index in [9.17, 15) is 9.59 Å². The molecule has 1 saturated heterocycles. The number of aromatic nitrogens is 2. The van der Waals surface area contributed by atoms with Gasteiger partial charge in [0.1, 0.15) is 0 Å². The van der Waals surface area contributed by atoms with Crippen molar-refractivity contribution in [3.63, 3.8) is 0 Å². The van der Waals surface area contributed by atoms with E-state index in [-0.39, 0.29) is 18.1 Å². The van der Waals surface area contributed by atoms with Crippen LogP contribution in [0.2, 0.25) is 0 Å². The first-order chi connectivity index (χ1) is 15.5. The molecule has 0 bridgehead atoms. The Morgan fingerprint density at radius 3 is 2.59 bits per heavy atom. The third kappa shape index (κ3) is 5.17. The molecule has 2 amide bonds. The largest absolute Gasteiger partial charge is 0.452 e. The van der Waals surface area contributed by atoms with Crippen LogP contribution in [0.25, 0.3) is 5.69 Å². The summed E-state index contributed by atoms with van der Waals surface area (Å²) < 4.78 is 10.8. The van der Waals surface area contributed by atoms with Crippen LogP contribution in [0.15, 0.2) is 57.7 Å². The maximum Gasteiger partial charge on any atom is 0.444 e. The maximum absolute atomic E-state index is 12.5. The van der Waals surface area contributed by atoms with Crippen molar-refractivity contribution < 1.29 is 13.9 Å². The molecule has 1 aromatic heterocycles. The topological polar surface area (TPSA) is 102 Å². The molecule has 4 rings (SSSR count). The Hall–Kier alpha value is -3.59. The Morgan fingerprint density at radius 2 is 1.94 bits per heavy atom. The zero-order valence-corrected chi connectivity index (χ0v) is 18.2. The number of urea groups is 1. The van der Waals surface area contributed by atoms with Crippen molar-refractivity contribution in [3.05, 3.63) is 70.2 Å². The van der Waals surface area contributed by atoms with Crippen molar-refractivity contribution >= 4 is 11.7 Å². The second kappa shape index (κ2) is 9.69. The molecular weight excluding hydrogens is 410 g/mol. The first-order valence-corrected chi connectivity index (χ1v) is 10.6. The smallest absolute Gasteiger partial charge is 0.444 e. The summed E-state index contributed by atoms with van der Waals surface area (Å²) in [5.41, 5.74) is 3.29. The number of ether oxygens (including phenoxy) is 1.